The average molecular weight is 446 g/mol. The molecule has 1 saturated carbocycles. The van der Waals surface area contributed by atoms with Crippen LogP contribution < -0.4 is 0 Å². The fourth-order valence-electron chi connectivity index (χ4n) is 5.97. The molecule has 0 bridgehead atoms. The maximum atomic E-state index is 10.5. The zero-order chi connectivity index (χ0) is 22.7. The normalized spacial score (nSPS) is 27.5. The van der Waals surface area contributed by atoms with Gasteiger partial charge in [0, 0.05) is 49.0 Å². The summed E-state index contributed by atoms with van der Waals surface area (Å²) in [4.78, 5) is 9.35. The topological polar surface area (TPSA) is 59.8 Å². The highest BCUT2D eigenvalue weighted by Gasteiger charge is 2.49. The summed E-state index contributed by atoms with van der Waals surface area (Å²) in [5.74, 6) is 6.62. The standard InChI is InChI=1S/C28H35N3O2/c32-21-26-27(24-9-7-22(8-10-24)11-14-28(33)12-1-2-13-28)25-20-30(16-3-4-17-31(25)26)19-23-6-5-15-29-18-23/h5-10,15,18,25-27,32-33H,1-4,12-13,16-17,19-21H2/t25-,26-,27+/m0/s1. The fraction of sp³-hybridized carbons (Fsp3) is 0.536. The minimum atomic E-state index is -0.800. The Morgan fingerprint density at radius 3 is 2.55 bits per heavy atom. The minimum absolute atomic E-state index is 0.185. The van der Waals surface area contributed by atoms with Gasteiger partial charge in [-0.25, -0.2) is 0 Å². The van der Waals surface area contributed by atoms with Crippen LogP contribution in [-0.2, 0) is 6.54 Å². The molecule has 1 aromatic heterocycles. The molecule has 0 spiro atoms. The Balaban J connectivity index is 1.31. The van der Waals surface area contributed by atoms with Gasteiger partial charge in [-0.05, 0) is 80.9 Å². The summed E-state index contributed by atoms with van der Waals surface area (Å²) in [6, 6.07) is 13.3. The van der Waals surface area contributed by atoms with Gasteiger partial charge < -0.3 is 10.2 Å². The number of rotatable bonds is 4. The van der Waals surface area contributed by atoms with Crippen molar-refractivity contribution in [1.29, 1.82) is 0 Å². The van der Waals surface area contributed by atoms with Gasteiger partial charge in [-0.15, -0.1) is 0 Å². The van der Waals surface area contributed by atoms with Crippen molar-refractivity contribution < 1.29 is 10.2 Å². The monoisotopic (exact) mass is 445 g/mol. The number of aliphatic hydroxyl groups excluding tert-OH is 1. The molecule has 0 unspecified atom stereocenters. The molecule has 2 N–H and O–H groups in total. The third-order valence-electron chi connectivity index (χ3n) is 7.75. The van der Waals surface area contributed by atoms with Crippen LogP contribution in [-0.4, -0.2) is 68.9 Å². The third kappa shape index (κ3) is 5.00. The first-order valence-corrected chi connectivity index (χ1v) is 12.5. The van der Waals surface area contributed by atoms with Crippen molar-refractivity contribution >= 4 is 0 Å². The van der Waals surface area contributed by atoms with Crippen molar-refractivity contribution in [2.24, 2.45) is 0 Å². The Bertz CT molecular complexity index is 976. The van der Waals surface area contributed by atoms with Crippen LogP contribution >= 0.6 is 0 Å². The summed E-state index contributed by atoms with van der Waals surface area (Å²) in [6.07, 6.45) is 9.83. The van der Waals surface area contributed by atoms with E-state index in [0.29, 0.717) is 12.0 Å². The molecule has 174 valence electrons. The van der Waals surface area contributed by atoms with E-state index in [1.165, 1.54) is 24.0 Å². The van der Waals surface area contributed by atoms with E-state index < -0.39 is 5.60 Å². The van der Waals surface area contributed by atoms with Gasteiger partial charge in [0.2, 0.25) is 0 Å². The molecule has 3 heterocycles. The number of pyridine rings is 1. The molecule has 0 amide bonds. The molecule has 5 rings (SSSR count). The predicted octanol–water partition coefficient (Wildman–Crippen LogP) is 3.16. The van der Waals surface area contributed by atoms with Gasteiger partial charge in [0.05, 0.1) is 6.61 Å². The lowest BCUT2D eigenvalue weighted by molar-refractivity contribution is -0.0655. The number of aliphatic hydroxyl groups is 2. The van der Waals surface area contributed by atoms with Crippen LogP contribution in [0.3, 0.4) is 0 Å². The van der Waals surface area contributed by atoms with Crippen LogP contribution in [0.25, 0.3) is 0 Å². The maximum absolute atomic E-state index is 10.5. The molecule has 5 nitrogen and oxygen atoms in total. The van der Waals surface area contributed by atoms with Gasteiger partial charge in [-0.3, -0.25) is 14.8 Å². The van der Waals surface area contributed by atoms with Crippen molar-refractivity contribution in [2.45, 2.75) is 68.7 Å². The van der Waals surface area contributed by atoms with E-state index in [0.717, 1.165) is 57.4 Å². The molecule has 1 aromatic carbocycles. The first-order chi connectivity index (χ1) is 16.1. The van der Waals surface area contributed by atoms with E-state index in [1.54, 1.807) is 0 Å². The van der Waals surface area contributed by atoms with Crippen LogP contribution in [0.5, 0.6) is 0 Å². The average Bonchev–Trinajstić information content (AvgIpc) is 3.26. The molecule has 1 aliphatic carbocycles. The van der Waals surface area contributed by atoms with Crippen LogP contribution in [0.4, 0.5) is 0 Å². The molecule has 33 heavy (non-hydrogen) atoms. The first kappa shape index (κ1) is 22.6. The van der Waals surface area contributed by atoms with Gasteiger partial charge >= 0.3 is 0 Å². The lowest BCUT2D eigenvalue weighted by atomic mass is 9.74. The Morgan fingerprint density at radius 1 is 1.03 bits per heavy atom. The zero-order valence-corrected chi connectivity index (χ0v) is 19.4. The van der Waals surface area contributed by atoms with Crippen LogP contribution in [0.15, 0.2) is 48.8 Å². The zero-order valence-electron chi connectivity index (χ0n) is 19.4. The van der Waals surface area contributed by atoms with Crippen molar-refractivity contribution in [2.75, 3.05) is 26.2 Å². The molecule has 0 radical (unpaired) electrons. The number of hydrogen-bond donors (Lipinski definition) is 2. The van der Waals surface area contributed by atoms with E-state index in [4.69, 9.17) is 0 Å². The summed E-state index contributed by atoms with van der Waals surface area (Å²) in [5, 5.41) is 20.7. The highest BCUT2D eigenvalue weighted by Crippen LogP contribution is 2.42. The molecule has 2 aliphatic heterocycles. The summed E-state index contributed by atoms with van der Waals surface area (Å²) >= 11 is 0. The minimum Gasteiger partial charge on any atom is -0.395 e. The molecule has 2 saturated heterocycles. The second-order valence-electron chi connectivity index (χ2n) is 10.00. The van der Waals surface area contributed by atoms with Gasteiger partial charge in [0.25, 0.3) is 0 Å². The molecular formula is C28H35N3O2. The third-order valence-corrected chi connectivity index (χ3v) is 7.75. The van der Waals surface area contributed by atoms with E-state index >= 15 is 0 Å². The van der Waals surface area contributed by atoms with Crippen molar-refractivity contribution in [3.63, 3.8) is 0 Å². The molecular weight excluding hydrogens is 410 g/mol. The quantitative estimate of drug-likeness (QED) is 0.708. The van der Waals surface area contributed by atoms with Gasteiger partial charge in [-0.2, -0.15) is 0 Å². The molecule has 5 heteroatoms. The highest BCUT2D eigenvalue weighted by atomic mass is 16.3. The smallest absolute Gasteiger partial charge is 0.125 e. The summed E-state index contributed by atoms with van der Waals surface area (Å²) in [5.41, 5.74) is 2.69. The Hall–Kier alpha value is -2.23. The van der Waals surface area contributed by atoms with Gasteiger partial charge in [0.1, 0.15) is 5.60 Å². The number of hydrogen-bond acceptors (Lipinski definition) is 5. The van der Waals surface area contributed by atoms with Crippen LogP contribution in [0.2, 0.25) is 0 Å². The Kier molecular flexibility index (Phi) is 6.80. The molecule has 3 fully saturated rings. The van der Waals surface area contributed by atoms with Crippen molar-refractivity contribution in [3.05, 3.63) is 65.5 Å². The number of fused-ring (bicyclic) bond motifs is 1. The van der Waals surface area contributed by atoms with Crippen LogP contribution in [0, 0.1) is 11.8 Å². The van der Waals surface area contributed by atoms with Crippen molar-refractivity contribution in [1.82, 2.24) is 14.8 Å². The second kappa shape index (κ2) is 9.95. The van der Waals surface area contributed by atoms with Crippen molar-refractivity contribution in [3.8, 4) is 11.8 Å². The fourth-order valence-corrected chi connectivity index (χ4v) is 5.97. The Morgan fingerprint density at radius 2 is 1.82 bits per heavy atom. The number of nitrogens with zero attached hydrogens (tertiary/aromatic N) is 3. The maximum Gasteiger partial charge on any atom is 0.125 e. The second-order valence-corrected chi connectivity index (χ2v) is 10.00. The number of aromatic nitrogens is 1. The summed E-state index contributed by atoms with van der Waals surface area (Å²) < 4.78 is 0. The summed E-state index contributed by atoms with van der Waals surface area (Å²) in [6.45, 7) is 4.29. The SMILES string of the molecule is OC[C@H]1[C@H](c2ccc(C#CC3(O)CCCC3)cc2)[C@@H]2CN(Cc3cccnc3)CCCCN12. The van der Waals surface area contributed by atoms with Gasteiger partial charge in [0.15, 0.2) is 0 Å². The molecule has 2 aromatic rings. The van der Waals surface area contributed by atoms with E-state index in [9.17, 15) is 10.2 Å². The van der Waals surface area contributed by atoms with E-state index in [2.05, 4.69) is 57.0 Å². The predicted molar refractivity (Wildman–Crippen MR) is 130 cm³/mol. The number of benzene rings is 1. The summed E-state index contributed by atoms with van der Waals surface area (Å²) in [7, 11) is 0. The Labute approximate surface area is 197 Å². The lowest BCUT2D eigenvalue weighted by Gasteiger charge is -2.57. The largest absolute Gasteiger partial charge is 0.395 e. The molecule has 3 atom stereocenters. The first-order valence-electron chi connectivity index (χ1n) is 12.5. The molecule has 3 aliphatic rings. The van der Waals surface area contributed by atoms with Gasteiger partial charge in [-0.1, -0.05) is 30.0 Å². The van der Waals surface area contributed by atoms with Crippen LogP contribution in [0.1, 0.15) is 61.1 Å². The van der Waals surface area contributed by atoms with E-state index in [1.807, 2.05) is 18.5 Å². The lowest BCUT2D eigenvalue weighted by Crippen LogP contribution is -2.67. The van der Waals surface area contributed by atoms with E-state index in [-0.39, 0.29) is 12.6 Å². The highest BCUT2D eigenvalue weighted by molar-refractivity contribution is 5.40.